The van der Waals surface area contributed by atoms with Crippen molar-refractivity contribution in [3.8, 4) is 0 Å². The van der Waals surface area contributed by atoms with Crippen molar-refractivity contribution in [2.24, 2.45) is 0 Å². The molecule has 0 unspecified atom stereocenters. The van der Waals surface area contributed by atoms with E-state index in [0.29, 0.717) is 19.4 Å². The lowest BCUT2D eigenvalue weighted by molar-refractivity contribution is -0.146. The van der Waals surface area contributed by atoms with Crippen LogP contribution >= 0.6 is 0 Å². The molecule has 0 aliphatic carbocycles. The average Bonchev–Trinajstić information content (AvgIpc) is 2.86. The molecule has 1 aliphatic heterocycles. The van der Waals surface area contributed by atoms with Crippen molar-refractivity contribution < 1.29 is 19.1 Å². The lowest BCUT2D eigenvalue weighted by Crippen LogP contribution is -2.45. The molecule has 1 saturated heterocycles. The van der Waals surface area contributed by atoms with Crippen LogP contribution in [0.4, 0.5) is 0 Å². The molecule has 1 N–H and O–H groups in total. The predicted molar refractivity (Wildman–Crippen MR) is 67.0 cm³/mol. The number of carbonyl (C=O) groups is 2. The van der Waals surface area contributed by atoms with Gasteiger partial charge in [-0.1, -0.05) is 11.6 Å². The van der Waals surface area contributed by atoms with E-state index in [-0.39, 0.29) is 5.91 Å². The Balaban J connectivity index is 2.56. The van der Waals surface area contributed by atoms with E-state index >= 15 is 0 Å². The molecule has 0 saturated carbocycles. The quantitative estimate of drug-likeness (QED) is 0.592. The first-order chi connectivity index (χ1) is 8.54. The zero-order chi connectivity index (χ0) is 13.5. The minimum absolute atomic E-state index is 0.231. The molecule has 1 heterocycles. The second-order valence-electron chi connectivity index (χ2n) is 4.60. The van der Waals surface area contributed by atoms with E-state index in [9.17, 15) is 9.59 Å². The highest BCUT2D eigenvalue weighted by atomic mass is 16.5. The first-order valence-corrected chi connectivity index (χ1v) is 6.17. The fraction of sp³-hybridized carbons (Fsp3) is 0.692. The summed E-state index contributed by atoms with van der Waals surface area (Å²) in [6.45, 7) is 4.49. The van der Waals surface area contributed by atoms with Crippen molar-refractivity contribution in [2.45, 2.75) is 45.3 Å². The second-order valence-corrected chi connectivity index (χ2v) is 4.60. The van der Waals surface area contributed by atoms with Crippen molar-refractivity contribution in [3.63, 3.8) is 0 Å². The van der Waals surface area contributed by atoms with Crippen LogP contribution in [0.5, 0.6) is 0 Å². The molecule has 0 aromatic carbocycles. The van der Waals surface area contributed by atoms with Gasteiger partial charge in [-0.3, -0.25) is 4.79 Å². The minimum atomic E-state index is -0.637. The summed E-state index contributed by atoms with van der Waals surface area (Å²) in [5.74, 6) is -0.663. The van der Waals surface area contributed by atoms with E-state index in [1.54, 1.807) is 0 Å². The Morgan fingerprint density at radius 2 is 2.22 bits per heavy atom. The molecule has 5 nitrogen and oxygen atoms in total. The number of amides is 1. The molecule has 5 heteroatoms. The number of hydrogen-bond acceptors (Lipinski definition) is 4. The predicted octanol–water partition coefficient (Wildman–Crippen LogP) is 1.18. The zero-order valence-corrected chi connectivity index (χ0v) is 11.2. The van der Waals surface area contributed by atoms with Crippen molar-refractivity contribution in [3.05, 3.63) is 11.6 Å². The number of hydrogen-bond donors (Lipinski definition) is 1. The molecule has 1 amide bonds. The number of nitrogens with one attached hydrogen (secondary N) is 1. The van der Waals surface area contributed by atoms with Crippen LogP contribution in [0, 0.1) is 0 Å². The minimum Gasteiger partial charge on any atom is -0.467 e. The zero-order valence-electron chi connectivity index (χ0n) is 11.2. The van der Waals surface area contributed by atoms with Gasteiger partial charge in [-0.2, -0.15) is 0 Å². The average molecular weight is 255 g/mol. The van der Waals surface area contributed by atoms with Crippen LogP contribution in [0.3, 0.4) is 0 Å². The summed E-state index contributed by atoms with van der Waals surface area (Å²) in [5, 5.41) is 2.68. The van der Waals surface area contributed by atoms with Crippen LogP contribution in [0.25, 0.3) is 0 Å². The Hall–Kier alpha value is -1.36. The van der Waals surface area contributed by atoms with Crippen LogP contribution in [0.2, 0.25) is 0 Å². The molecule has 0 radical (unpaired) electrons. The summed E-state index contributed by atoms with van der Waals surface area (Å²) >= 11 is 0. The first kappa shape index (κ1) is 14.7. The molecule has 0 aromatic rings. The summed E-state index contributed by atoms with van der Waals surface area (Å²) in [6.07, 6.45) is 3.51. The molecule has 2 atom stereocenters. The van der Waals surface area contributed by atoms with E-state index in [1.165, 1.54) is 7.11 Å². The molecule has 0 aromatic heterocycles. The lowest BCUT2D eigenvalue weighted by atomic mass is 10.1. The SMILES string of the molecule is COC(=O)[C@H](CC=C(C)C)NC(=O)[C@H]1CCCO1. The Kier molecular flexibility index (Phi) is 5.85. The maximum absolute atomic E-state index is 11.9. The molecule has 1 rings (SSSR count). The molecule has 0 spiro atoms. The van der Waals surface area contributed by atoms with Crippen LogP contribution in [-0.2, 0) is 19.1 Å². The van der Waals surface area contributed by atoms with Crippen LogP contribution in [-0.4, -0.2) is 37.7 Å². The number of methoxy groups -OCH3 is 1. The van der Waals surface area contributed by atoms with E-state index in [4.69, 9.17) is 4.74 Å². The molecular formula is C13H21NO4. The molecule has 0 bridgehead atoms. The van der Waals surface area contributed by atoms with Gasteiger partial charge in [-0.25, -0.2) is 4.79 Å². The Morgan fingerprint density at radius 1 is 1.50 bits per heavy atom. The molecule has 102 valence electrons. The summed E-state index contributed by atoms with van der Waals surface area (Å²) in [5.41, 5.74) is 1.09. The number of rotatable bonds is 5. The highest BCUT2D eigenvalue weighted by molar-refractivity contribution is 5.87. The largest absolute Gasteiger partial charge is 0.467 e. The summed E-state index contributed by atoms with van der Waals surface area (Å²) in [7, 11) is 1.32. The monoisotopic (exact) mass is 255 g/mol. The highest BCUT2D eigenvalue weighted by Crippen LogP contribution is 2.12. The summed E-state index contributed by atoms with van der Waals surface area (Å²) < 4.78 is 9.96. The Labute approximate surface area is 108 Å². The maximum Gasteiger partial charge on any atom is 0.328 e. The topological polar surface area (TPSA) is 64.6 Å². The second kappa shape index (κ2) is 7.16. The normalized spacial score (nSPS) is 20.1. The standard InChI is InChI=1S/C13H21NO4/c1-9(2)6-7-10(13(16)17-3)14-12(15)11-5-4-8-18-11/h6,10-11H,4-5,7-8H2,1-3H3,(H,14,15)/t10-,11+/m0/s1. The van der Waals surface area contributed by atoms with Crippen molar-refractivity contribution in [2.75, 3.05) is 13.7 Å². The third-order valence-corrected chi connectivity index (χ3v) is 2.79. The Morgan fingerprint density at radius 3 is 2.72 bits per heavy atom. The molecule has 18 heavy (non-hydrogen) atoms. The number of ether oxygens (including phenoxy) is 2. The van der Waals surface area contributed by atoms with Gasteiger partial charge in [0.2, 0.25) is 5.91 Å². The number of allylic oxidation sites excluding steroid dienone is 1. The van der Waals surface area contributed by atoms with E-state index in [2.05, 4.69) is 10.1 Å². The van der Waals surface area contributed by atoms with Crippen molar-refractivity contribution in [1.29, 1.82) is 0 Å². The molecule has 1 fully saturated rings. The van der Waals surface area contributed by atoms with Crippen LogP contribution in [0.15, 0.2) is 11.6 Å². The van der Waals surface area contributed by atoms with Gasteiger partial charge in [-0.15, -0.1) is 0 Å². The first-order valence-electron chi connectivity index (χ1n) is 6.17. The van der Waals surface area contributed by atoms with Gasteiger partial charge in [0.05, 0.1) is 7.11 Å². The van der Waals surface area contributed by atoms with Gasteiger partial charge in [0, 0.05) is 6.61 Å². The van der Waals surface area contributed by atoms with Crippen LogP contribution in [0.1, 0.15) is 33.1 Å². The van der Waals surface area contributed by atoms with Crippen LogP contribution < -0.4 is 5.32 Å². The summed E-state index contributed by atoms with van der Waals surface area (Å²) in [6, 6.07) is -0.637. The fourth-order valence-electron chi connectivity index (χ4n) is 1.76. The van der Waals surface area contributed by atoms with E-state index < -0.39 is 18.1 Å². The summed E-state index contributed by atoms with van der Waals surface area (Å²) in [4.78, 5) is 23.4. The van der Waals surface area contributed by atoms with Crippen molar-refractivity contribution in [1.82, 2.24) is 5.32 Å². The lowest BCUT2D eigenvalue weighted by Gasteiger charge is -2.17. The molecular weight excluding hydrogens is 234 g/mol. The third kappa shape index (κ3) is 4.49. The van der Waals surface area contributed by atoms with Gasteiger partial charge >= 0.3 is 5.97 Å². The number of carbonyl (C=O) groups excluding carboxylic acids is 2. The van der Waals surface area contributed by atoms with E-state index in [1.807, 2.05) is 19.9 Å². The van der Waals surface area contributed by atoms with Gasteiger partial charge in [0.25, 0.3) is 0 Å². The maximum atomic E-state index is 11.9. The molecule has 1 aliphatic rings. The fourth-order valence-corrected chi connectivity index (χ4v) is 1.76. The van der Waals surface area contributed by atoms with E-state index in [0.717, 1.165) is 12.0 Å². The number of esters is 1. The van der Waals surface area contributed by atoms with Gasteiger partial charge in [-0.05, 0) is 33.1 Å². The third-order valence-electron chi connectivity index (χ3n) is 2.79. The van der Waals surface area contributed by atoms with Gasteiger partial charge < -0.3 is 14.8 Å². The van der Waals surface area contributed by atoms with Crippen molar-refractivity contribution >= 4 is 11.9 Å². The highest BCUT2D eigenvalue weighted by Gasteiger charge is 2.28. The van der Waals surface area contributed by atoms with Gasteiger partial charge in [0.15, 0.2) is 0 Å². The smallest absolute Gasteiger partial charge is 0.328 e. The van der Waals surface area contributed by atoms with Gasteiger partial charge in [0.1, 0.15) is 12.1 Å². The Bertz CT molecular complexity index is 328.